The van der Waals surface area contributed by atoms with Crippen LogP contribution in [-0.4, -0.2) is 34.3 Å². The zero-order valence-corrected chi connectivity index (χ0v) is 20.2. The van der Waals surface area contributed by atoms with Crippen molar-refractivity contribution in [3.63, 3.8) is 0 Å². The van der Waals surface area contributed by atoms with Crippen LogP contribution in [-0.2, 0) is 25.4 Å². The number of unbranched alkanes of at least 4 members (excludes halogenated alkanes) is 1. The monoisotopic (exact) mass is 481 g/mol. The molecule has 0 saturated heterocycles. The van der Waals surface area contributed by atoms with Gasteiger partial charge in [0.1, 0.15) is 11.9 Å². The van der Waals surface area contributed by atoms with E-state index in [2.05, 4.69) is 51.1 Å². The van der Waals surface area contributed by atoms with Gasteiger partial charge in [0, 0.05) is 37.2 Å². The molecule has 1 aromatic carbocycles. The zero-order chi connectivity index (χ0) is 25.1. The number of benzene rings is 1. The molecule has 0 atom stereocenters. The summed E-state index contributed by atoms with van der Waals surface area (Å²) in [5.41, 5.74) is 2.46. The Morgan fingerprint density at radius 1 is 1.19 bits per heavy atom. The molecule has 4 aromatic rings. The van der Waals surface area contributed by atoms with Crippen molar-refractivity contribution in [2.24, 2.45) is 7.05 Å². The molecule has 0 saturated carbocycles. The first-order chi connectivity index (χ1) is 17.6. The van der Waals surface area contributed by atoms with Gasteiger partial charge in [0.2, 0.25) is 5.82 Å². The number of H-pyrrole nitrogens is 1. The molecule has 10 nitrogen and oxygen atoms in total. The highest BCUT2D eigenvalue weighted by molar-refractivity contribution is 5.57. The lowest BCUT2D eigenvalue weighted by Crippen LogP contribution is -2.36. The molecule has 3 aromatic heterocycles. The van der Waals surface area contributed by atoms with Gasteiger partial charge in [-0.3, -0.25) is 9.13 Å². The first kappa shape index (κ1) is 23.1. The number of nitrogens with zero attached hydrogens (tertiary/aromatic N) is 7. The summed E-state index contributed by atoms with van der Waals surface area (Å²) in [4.78, 5) is 13.9. The van der Waals surface area contributed by atoms with E-state index in [1.54, 1.807) is 16.8 Å². The molecule has 2 N–H and O–H groups in total. The molecule has 1 aliphatic rings. The van der Waals surface area contributed by atoms with Crippen LogP contribution < -0.4 is 11.0 Å². The molecule has 1 aliphatic heterocycles. The van der Waals surface area contributed by atoms with Gasteiger partial charge in [-0.1, -0.05) is 43.7 Å². The van der Waals surface area contributed by atoms with Gasteiger partial charge in [0.15, 0.2) is 0 Å². The van der Waals surface area contributed by atoms with E-state index in [9.17, 15) is 10.1 Å². The highest BCUT2D eigenvalue weighted by Gasteiger charge is 2.32. The van der Waals surface area contributed by atoms with Crippen LogP contribution in [0.5, 0.6) is 0 Å². The maximum absolute atomic E-state index is 13.9. The summed E-state index contributed by atoms with van der Waals surface area (Å²) in [7, 11) is 1.84. The number of imidazole rings is 1. The number of rotatable bonds is 8. The van der Waals surface area contributed by atoms with Gasteiger partial charge in [-0.25, -0.2) is 4.79 Å². The number of nitrogens with one attached hydrogen (secondary N) is 2. The highest BCUT2D eigenvalue weighted by Crippen LogP contribution is 2.33. The molecular weight excluding hydrogens is 454 g/mol. The normalized spacial score (nSPS) is 14.0. The average Bonchev–Trinajstić information content (AvgIpc) is 3.64. The van der Waals surface area contributed by atoms with Crippen molar-refractivity contribution < 1.29 is 0 Å². The fourth-order valence-electron chi connectivity index (χ4n) is 4.70. The van der Waals surface area contributed by atoms with Crippen molar-refractivity contribution >= 4 is 0 Å². The van der Waals surface area contributed by atoms with E-state index in [1.807, 2.05) is 59.0 Å². The number of aromatic nitrogens is 7. The molecule has 0 fully saturated rings. The Morgan fingerprint density at radius 3 is 2.75 bits per heavy atom. The van der Waals surface area contributed by atoms with Gasteiger partial charge in [-0.2, -0.15) is 10.5 Å². The molecular formula is C26H27N9O. The van der Waals surface area contributed by atoms with Crippen LogP contribution in [0.15, 0.2) is 72.1 Å². The Balaban J connectivity index is 1.64. The van der Waals surface area contributed by atoms with E-state index in [0.717, 1.165) is 36.1 Å². The molecule has 0 amide bonds. The number of hydrogen-bond acceptors (Lipinski definition) is 6. The molecule has 0 radical (unpaired) electrons. The van der Waals surface area contributed by atoms with Crippen LogP contribution in [0.4, 0.5) is 0 Å². The Morgan fingerprint density at radius 2 is 2.03 bits per heavy atom. The minimum atomic E-state index is -0.589. The van der Waals surface area contributed by atoms with E-state index < -0.39 is 5.41 Å². The summed E-state index contributed by atoms with van der Waals surface area (Å²) < 4.78 is 5.24. The second kappa shape index (κ2) is 9.54. The quantitative estimate of drug-likeness (QED) is 0.399. The number of aromatic amines is 1. The van der Waals surface area contributed by atoms with Crippen molar-refractivity contribution in [3.05, 3.63) is 94.6 Å². The van der Waals surface area contributed by atoms with Crippen molar-refractivity contribution in [1.82, 2.24) is 39.6 Å². The number of dihydropyridines is 1. The van der Waals surface area contributed by atoms with Crippen molar-refractivity contribution in [1.29, 1.82) is 5.26 Å². The predicted octanol–water partition coefficient (Wildman–Crippen LogP) is 2.94. The van der Waals surface area contributed by atoms with E-state index in [0.29, 0.717) is 23.8 Å². The Hall–Kier alpha value is -4.65. The second-order valence-corrected chi connectivity index (χ2v) is 8.93. The third-order valence-electron chi connectivity index (χ3n) is 6.61. The van der Waals surface area contributed by atoms with Crippen molar-refractivity contribution in [2.75, 3.05) is 0 Å². The number of allylic oxidation sites excluding steroid dienone is 2. The Kier molecular flexibility index (Phi) is 6.12. The number of aryl methyl sites for hydroxylation is 2. The number of hydrogen-bond donors (Lipinski definition) is 2. The van der Waals surface area contributed by atoms with E-state index in [1.165, 1.54) is 0 Å². The van der Waals surface area contributed by atoms with Gasteiger partial charge in [-0.15, -0.1) is 10.2 Å². The van der Waals surface area contributed by atoms with Crippen molar-refractivity contribution in [2.45, 2.75) is 38.1 Å². The molecule has 182 valence electrons. The van der Waals surface area contributed by atoms with E-state index in [4.69, 9.17) is 0 Å². The van der Waals surface area contributed by atoms with Gasteiger partial charge >= 0.3 is 5.69 Å². The average molecular weight is 482 g/mol. The SMILES string of the molecule is CCCCc1cn(-c2c(C#N)ccn2C)c(=O)n1CC1(c2cccc(-c3nn[nH]n3)c2)C=CNC=C1. The van der Waals surface area contributed by atoms with Gasteiger partial charge in [-0.05, 0) is 48.2 Å². The molecule has 36 heavy (non-hydrogen) atoms. The smallest absolute Gasteiger partial charge is 0.334 e. The predicted molar refractivity (Wildman–Crippen MR) is 135 cm³/mol. The maximum atomic E-state index is 13.9. The topological polar surface area (TPSA) is 122 Å². The fourth-order valence-corrected chi connectivity index (χ4v) is 4.70. The summed E-state index contributed by atoms with van der Waals surface area (Å²) in [6, 6.07) is 11.9. The first-order valence-corrected chi connectivity index (χ1v) is 11.9. The van der Waals surface area contributed by atoms with Crippen LogP contribution in [0.25, 0.3) is 17.2 Å². The second-order valence-electron chi connectivity index (χ2n) is 8.93. The number of tetrazole rings is 1. The molecule has 10 heteroatoms. The van der Waals surface area contributed by atoms with E-state index in [-0.39, 0.29) is 5.69 Å². The molecule has 0 bridgehead atoms. The largest absolute Gasteiger partial charge is 0.368 e. The summed E-state index contributed by atoms with van der Waals surface area (Å²) in [6.07, 6.45) is 14.3. The summed E-state index contributed by atoms with van der Waals surface area (Å²) in [6.45, 7) is 2.53. The lowest BCUT2D eigenvalue weighted by Gasteiger charge is -2.31. The third-order valence-corrected chi connectivity index (χ3v) is 6.61. The molecule has 0 spiro atoms. The molecule has 5 rings (SSSR count). The first-order valence-electron chi connectivity index (χ1n) is 11.9. The van der Waals surface area contributed by atoms with Gasteiger partial charge < -0.3 is 9.88 Å². The zero-order valence-electron chi connectivity index (χ0n) is 20.2. The van der Waals surface area contributed by atoms with Crippen LogP contribution in [0, 0.1) is 11.3 Å². The van der Waals surface area contributed by atoms with Crippen LogP contribution >= 0.6 is 0 Å². The summed E-state index contributed by atoms with van der Waals surface area (Å²) >= 11 is 0. The lowest BCUT2D eigenvalue weighted by molar-refractivity contribution is 0.496. The van der Waals surface area contributed by atoms with E-state index >= 15 is 0 Å². The van der Waals surface area contributed by atoms with Crippen LogP contribution in [0.1, 0.15) is 36.6 Å². The summed E-state index contributed by atoms with van der Waals surface area (Å²) in [5.74, 6) is 1.08. The van der Waals surface area contributed by atoms with Crippen LogP contribution in [0.2, 0.25) is 0 Å². The number of nitriles is 1. The van der Waals surface area contributed by atoms with Gasteiger partial charge in [0.25, 0.3) is 0 Å². The molecule has 4 heterocycles. The van der Waals surface area contributed by atoms with Gasteiger partial charge in [0.05, 0.1) is 11.0 Å². The Labute approximate surface area is 208 Å². The standard InChI is InChI=1S/C26H27N9O/c1-3-4-8-22-17-34(24-20(16-27)9-14-33(24)2)25(36)35(22)18-26(10-12-28-13-11-26)21-7-5-6-19(15-21)23-29-31-32-30-23/h5-7,9-15,17,28H,3-4,8,18H2,1-2H3,(H,29,30,31,32). The minimum Gasteiger partial charge on any atom is -0.368 e. The lowest BCUT2D eigenvalue weighted by atomic mass is 9.78. The Bertz CT molecular complexity index is 1510. The highest BCUT2D eigenvalue weighted by atomic mass is 16.1. The minimum absolute atomic E-state index is 0.173. The van der Waals surface area contributed by atoms with Crippen LogP contribution in [0.3, 0.4) is 0 Å². The summed E-state index contributed by atoms with van der Waals surface area (Å²) in [5, 5.41) is 27.2. The molecule has 0 unspecified atom stereocenters. The van der Waals surface area contributed by atoms with Crippen molar-refractivity contribution in [3.8, 4) is 23.3 Å². The fraction of sp³-hybridized carbons (Fsp3) is 0.269. The molecule has 0 aliphatic carbocycles. The maximum Gasteiger partial charge on any atom is 0.334 e. The third kappa shape index (κ3) is 4.05.